The lowest BCUT2D eigenvalue weighted by Crippen LogP contribution is -2.36. The molecule has 6 nitrogen and oxygen atoms in total. The highest BCUT2D eigenvalue weighted by Crippen LogP contribution is 2.10. The fourth-order valence-electron chi connectivity index (χ4n) is 1.27. The smallest absolute Gasteiger partial charge is 0.257 e. The summed E-state index contributed by atoms with van der Waals surface area (Å²) >= 11 is 0. The first-order valence-electron chi connectivity index (χ1n) is 5.77. The second-order valence-electron chi connectivity index (χ2n) is 4.12. The van der Waals surface area contributed by atoms with Crippen LogP contribution in [0.2, 0.25) is 0 Å². The van der Waals surface area contributed by atoms with Crippen LogP contribution in [-0.2, 0) is 14.8 Å². The Morgan fingerprint density at radius 2 is 1.84 bits per heavy atom. The summed E-state index contributed by atoms with van der Waals surface area (Å²) in [7, 11) is -3.21. The van der Waals surface area contributed by atoms with E-state index in [0.717, 1.165) is 11.8 Å². The van der Waals surface area contributed by atoms with E-state index >= 15 is 0 Å². The molecule has 0 radical (unpaired) electrons. The molecule has 0 fully saturated rings. The average Bonchev–Trinajstić information content (AvgIpc) is 2.33. The number of hydrogen-bond acceptors (Lipinski definition) is 4. The Balaban J connectivity index is 2.19. The Hall–Kier alpha value is -1.60. The van der Waals surface area contributed by atoms with Gasteiger partial charge >= 0.3 is 0 Å². The number of sulfonamides is 1. The van der Waals surface area contributed by atoms with Crippen LogP contribution < -0.4 is 14.8 Å². The molecule has 1 aromatic carbocycles. The van der Waals surface area contributed by atoms with E-state index in [0.29, 0.717) is 5.75 Å². The summed E-state index contributed by atoms with van der Waals surface area (Å²) in [4.78, 5) is 11.4. The normalized spacial score (nSPS) is 11.1. The number of rotatable bonds is 7. The monoisotopic (exact) mass is 286 g/mol. The molecule has 0 heterocycles. The van der Waals surface area contributed by atoms with Crippen molar-refractivity contribution in [3.63, 3.8) is 0 Å². The molecule has 106 valence electrons. The van der Waals surface area contributed by atoms with E-state index in [1.807, 2.05) is 19.1 Å². The summed E-state index contributed by atoms with van der Waals surface area (Å²) in [6, 6.07) is 7.36. The van der Waals surface area contributed by atoms with Gasteiger partial charge in [0.25, 0.3) is 5.91 Å². The first-order chi connectivity index (χ1) is 8.87. The number of ether oxygens (including phenoxy) is 1. The third kappa shape index (κ3) is 7.43. The Bertz CT molecular complexity index is 511. The van der Waals surface area contributed by atoms with Crippen molar-refractivity contribution in [1.82, 2.24) is 10.0 Å². The van der Waals surface area contributed by atoms with Crippen molar-refractivity contribution >= 4 is 15.9 Å². The Morgan fingerprint density at radius 3 is 2.42 bits per heavy atom. The summed E-state index contributed by atoms with van der Waals surface area (Å²) in [5.41, 5.74) is 1.11. The van der Waals surface area contributed by atoms with Crippen molar-refractivity contribution in [3.8, 4) is 5.75 Å². The van der Waals surface area contributed by atoms with Crippen LogP contribution in [0.25, 0.3) is 0 Å². The van der Waals surface area contributed by atoms with E-state index in [2.05, 4.69) is 10.0 Å². The summed E-state index contributed by atoms with van der Waals surface area (Å²) in [6.45, 7) is 2.26. The summed E-state index contributed by atoms with van der Waals surface area (Å²) in [6.07, 6.45) is 1.06. The minimum atomic E-state index is -3.21. The molecular weight excluding hydrogens is 268 g/mol. The van der Waals surface area contributed by atoms with Crippen molar-refractivity contribution in [2.24, 2.45) is 0 Å². The number of carbonyl (C=O) groups excluding carboxylic acids is 1. The average molecular weight is 286 g/mol. The molecule has 0 aliphatic rings. The lowest BCUT2D eigenvalue weighted by Gasteiger charge is -2.07. The van der Waals surface area contributed by atoms with Gasteiger partial charge in [0.15, 0.2) is 6.61 Å². The molecular formula is C12H18N2O4S. The van der Waals surface area contributed by atoms with Crippen molar-refractivity contribution in [3.05, 3.63) is 29.8 Å². The number of benzene rings is 1. The fraction of sp³-hybridized carbons (Fsp3) is 0.417. The molecule has 1 rings (SSSR count). The number of nitrogens with one attached hydrogen (secondary N) is 2. The van der Waals surface area contributed by atoms with Crippen LogP contribution in [-0.4, -0.2) is 40.3 Å². The van der Waals surface area contributed by atoms with Gasteiger partial charge < -0.3 is 10.1 Å². The predicted molar refractivity (Wildman–Crippen MR) is 72.5 cm³/mol. The highest BCUT2D eigenvalue weighted by Gasteiger charge is 2.03. The summed E-state index contributed by atoms with van der Waals surface area (Å²) in [5, 5.41) is 2.55. The summed E-state index contributed by atoms with van der Waals surface area (Å²) in [5.74, 6) is 0.325. The number of carbonyl (C=O) groups is 1. The maximum Gasteiger partial charge on any atom is 0.257 e. The van der Waals surface area contributed by atoms with Crippen molar-refractivity contribution in [2.45, 2.75) is 6.92 Å². The lowest BCUT2D eigenvalue weighted by atomic mass is 10.2. The van der Waals surface area contributed by atoms with Crippen LogP contribution in [0.5, 0.6) is 5.75 Å². The van der Waals surface area contributed by atoms with Crippen molar-refractivity contribution < 1.29 is 17.9 Å². The fourth-order valence-corrected chi connectivity index (χ4v) is 1.75. The van der Waals surface area contributed by atoms with Crippen LogP contribution in [0, 0.1) is 6.92 Å². The minimum Gasteiger partial charge on any atom is -0.484 e. The molecule has 0 spiro atoms. The van der Waals surface area contributed by atoms with Crippen molar-refractivity contribution in [1.29, 1.82) is 0 Å². The Kier molecular flexibility index (Phi) is 5.78. The molecule has 1 amide bonds. The second kappa shape index (κ2) is 7.10. The van der Waals surface area contributed by atoms with Gasteiger partial charge in [-0.1, -0.05) is 17.7 Å². The van der Waals surface area contributed by atoms with Crippen LogP contribution in [0.15, 0.2) is 24.3 Å². The summed E-state index contributed by atoms with van der Waals surface area (Å²) < 4.78 is 29.1. The van der Waals surface area contributed by atoms with Crippen LogP contribution in [0.4, 0.5) is 0 Å². The van der Waals surface area contributed by atoms with E-state index in [-0.39, 0.29) is 25.6 Å². The first-order valence-corrected chi connectivity index (χ1v) is 7.67. The molecule has 0 aliphatic carbocycles. The standard InChI is InChI=1S/C12H18N2O4S/c1-10-3-5-11(6-4-10)18-9-12(15)13-7-8-14-19(2,16)17/h3-6,14H,7-9H2,1-2H3,(H,13,15). The minimum absolute atomic E-state index is 0.0953. The third-order valence-electron chi connectivity index (χ3n) is 2.20. The van der Waals surface area contributed by atoms with Gasteiger partial charge in [0.2, 0.25) is 10.0 Å². The van der Waals surface area contributed by atoms with Gasteiger partial charge in [0, 0.05) is 13.1 Å². The largest absolute Gasteiger partial charge is 0.484 e. The third-order valence-corrected chi connectivity index (χ3v) is 2.93. The quantitative estimate of drug-likeness (QED) is 0.693. The molecule has 0 saturated heterocycles. The van der Waals surface area contributed by atoms with Crippen LogP contribution >= 0.6 is 0 Å². The van der Waals surface area contributed by atoms with E-state index in [9.17, 15) is 13.2 Å². The molecule has 0 atom stereocenters. The predicted octanol–water partition coefficient (Wildman–Crippen LogP) is 0.0392. The van der Waals surface area contributed by atoms with Gasteiger partial charge in [-0.3, -0.25) is 4.79 Å². The maximum atomic E-state index is 11.4. The Labute approximate surface area is 113 Å². The van der Waals surface area contributed by atoms with Gasteiger partial charge in [0.05, 0.1) is 6.26 Å². The van der Waals surface area contributed by atoms with E-state index in [4.69, 9.17) is 4.74 Å². The zero-order valence-corrected chi connectivity index (χ0v) is 11.8. The van der Waals surface area contributed by atoms with Gasteiger partial charge in [-0.15, -0.1) is 0 Å². The molecule has 1 aromatic rings. The molecule has 0 unspecified atom stereocenters. The molecule has 7 heteroatoms. The first kappa shape index (κ1) is 15.5. The highest BCUT2D eigenvalue weighted by atomic mass is 32.2. The lowest BCUT2D eigenvalue weighted by molar-refractivity contribution is -0.123. The van der Waals surface area contributed by atoms with E-state index < -0.39 is 10.0 Å². The van der Waals surface area contributed by atoms with E-state index in [1.165, 1.54) is 0 Å². The van der Waals surface area contributed by atoms with Gasteiger partial charge in [-0.05, 0) is 19.1 Å². The Morgan fingerprint density at radius 1 is 1.21 bits per heavy atom. The van der Waals surface area contributed by atoms with Gasteiger partial charge in [0.1, 0.15) is 5.75 Å². The zero-order chi connectivity index (χ0) is 14.3. The molecule has 2 N–H and O–H groups in total. The van der Waals surface area contributed by atoms with Crippen LogP contribution in [0.3, 0.4) is 0 Å². The number of aryl methyl sites for hydroxylation is 1. The number of amides is 1. The van der Waals surface area contributed by atoms with Gasteiger partial charge in [-0.2, -0.15) is 0 Å². The maximum absolute atomic E-state index is 11.4. The van der Waals surface area contributed by atoms with Crippen molar-refractivity contribution in [2.75, 3.05) is 26.0 Å². The molecule has 0 aromatic heterocycles. The SMILES string of the molecule is Cc1ccc(OCC(=O)NCCNS(C)(=O)=O)cc1. The van der Waals surface area contributed by atoms with Crippen LogP contribution in [0.1, 0.15) is 5.56 Å². The molecule has 0 saturated carbocycles. The number of hydrogen-bond donors (Lipinski definition) is 2. The topological polar surface area (TPSA) is 84.5 Å². The highest BCUT2D eigenvalue weighted by molar-refractivity contribution is 7.88. The molecule has 19 heavy (non-hydrogen) atoms. The zero-order valence-electron chi connectivity index (χ0n) is 11.0. The molecule has 0 aliphatic heterocycles. The van der Waals surface area contributed by atoms with E-state index in [1.54, 1.807) is 12.1 Å². The molecule has 0 bridgehead atoms. The second-order valence-corrected chi connectivity index (χ2v) is 5.95. The van der Waals surface area contributed by atoms with Gasteiger partial charge in [-0.25, -0.2) is 13.1 Å².